The fraction of sp³-hybridized carbons (Fsp3) is 0.200. The molecule has 0 aliphatic heterocycles. The van der Waals surface area contributed by atoms with Crippen molar-refractivity contribution in [2.24, 2.45) is 0 Å². The molecule has 0 radical (unpaired) electrons. The molecule has 3 rings (SSSR count). The molecule has 1 amide bonds. The third-order valence-corrected chi connectivity index (χ3v) is 4.54. The van der Waals surface area contributed by atoms with Crippen molar-refractivity contribution in [3.63, 3.8) is 0 Å². The topological polar surface area (TPSA) is 94.3 Å². The van der Waals surface area contributed by atoms with Crippen molar-refractivity contribution in [1.29, 1.82) is 0 Å². The number of benzene rings is 2. The summed E-state index contributed by atoms with van der Waals surface area (Å²) in [6.45, 7) is 4.02. The standard InChI is InChI=1S/C20H19N3O4S/c1-3-26-17-10-6-15(7-11-17)19-22-23-20(27-19)28-12-18(25)21-16-8-4-14(5-9-16)13(2)24/h4-11H,3,12H2,1-2H3,(H,21,25). The fourth-order valence-corrected chi connectivity index (χ4v) is 2.92. The zero-order valence-electron chi connectivity index (χ0n) is 15.5. The summed E-state index contributed by atoms with van der Waals surface area (Å²) < 4.78 is 11.0. The first-order chi connectivity index (χ1) is 13.5. The van der Waals surface area contributed by atoms with Crippen LogP contribution in [0.5, 0.6) is 5.75 Å². The van der Waals surface area contributed by atoms with E-state index in [9.17, 15) is 9.59 Å². The number of aromatic nitrogens is 2. The summed E-state index contributed by atoms with van der Waals surface area (Å²) in [6.07, 6.45) is 0. The number of Topliss-reactive ketones (excluding diaryl/α,β-unsaturated/α-hetero) is 1. The summed E-state index contributed by atoms with van der Waals surface area (Å²) in [4.78, 5) is 23.3. The van der Waals surface area contributed by atoms with Crippen molar-refractivity contribution in [3.05, 3.63) is 54.1 Å². The van der Waals surface area contributed by atoms with Crippen LogP contribution in [0.25, 0.3) is 11.5 Å². The van der Waals surface area contributed by atoms with Gasteiger partial charge >= 0.3 is 0 Å². The van der Waals surface area contributed by atoms with Gasteiger partial charge in [-0.25, -0.2) is 0 Å². The van der Waals surface area contributed by atoms with Crippen molar-refractivity contribution in [3.8, 4) is 17.2 Å². The second kappa shape index (κ2) is 9.18. The van der Waals surface area contributed by atoms with Gasteiger partial charge in [0.2, 0.25) is 11.8 Å². The molecular formula is C20H19N3O4S. The molecular weight excluding hydrogens is 378 g/mol. The second-order valence-electron chi connectivity index (χ2n) is 5.80. The minimum atomic E-state index is -0.207. The number of ketones is 1. The highest BCUT2D eigenvalue weighted by molar-refractivity contribution is 7.99. The molecule has 0 aliphatic rings. The number of hydrogen-bond acceptors (Lipinski definition) is 7. The maximum Gasteiger partial charge on any atom is 0.277 e. The van der Waals surface area contributed by atoms with E-state index in [-0.39, 0.29) is 17.4 Å². The van der Waals surface area contributed by atoms with Crippen LogP contribution in [-0.2, 0) is 4.79 Å². The molecule has 0 bridgehead atoms. The third kappa shape index (κ3) is 5.20. The first-order valence-electron chi connectivity index (χ1n) is 8.65. The smallest absolute Gasteiger partial charge is 0.277 e. The molecule has 0 atom stereocenters. The number of nitrogens with one attached hydrogen (secondary N) is 1. The summed E-state index contributed by atoms with van der Waals surface area (Å²) in [5.41, 5.74) is 1.99. The number of carbonyl (C=O) groups excluding carboxylic acids is 2. The van der Waals surface area contributed by atoms with Crippen LogP contribution >= 0.6 is 11.8 Å². The van der Waals surface area contributed by atoms with E-state index in [0.717, 1.165) is 23.1 Å². The number of hydrogen-bond donors (Lipinski definition) is 1. The van der Waals surface area contributed by atoms with E-state index in [1.165, 1.54) is 6.92 Å². The molecule has 0 saturated heterocycles. The maximum atomic E-state index is 12.1. The van der Waals surface area contributed by atoms with E-state index in [1.54, 1.807) is 24.3 Å². The molecule has 144 valence electrons. The van der Waals surface area contributed by atoms with E-state index in [4.69, 9.17) is 9.15 Å². The Kier molecular flexibility index (Phi) is 6.44. The lowest BCUT2D eigenvalue weighted by Crippen LogP contribution is -2.14. The van der Waals surface area contributed by atoms with Gasteiger partial charge in [0.05, 0.1) is 12.4 Å². The molecule has 0 aliphatic carbocycles. The molecule has 28 heavy (non-hydrogen) atoms. The maximum absolute atomic E-state index is 12.1. The molecule has 0 unspecified atom stereocenters. The van der Waals surface area contributed by atoms with E-state index in [1.807, 2.05) is 31.2 Å². The Balaban J connectivity index is 1.53. The van der Waals surface area contributed by atoms with Gasteiger partial charge in [-0.1, -0.05) is 11.8 Å². The zero-order valence-corrected chi connectivity index (χ0v) is 16.3. The van der Waals surface area contributed by atoms with Gasteiger partial charge in [0, 0.05) is 16.8 Å². The van der Waals surface area contributed by atoms with Crippen LogP contribution in [0.4, 0.5) is 5.69 Å². The van der Waals surface area contributed by atoms with E-state index >= 15 is 0 Å². The average molecular weight is 397 g/mol. The molecule has 1 aromatic heterocycles. The van der Waals surface area contributed by atoms with Gasteiger partial charge in [0.25, 0.3) is 5.22 Å². The Labute approximate surface area is 166 Å². The van der Waals surface area contributed by atoms with Crippen LogP contribution < -0.4 is 10.1 Å². The first kappa shape index (κ1) is 19.6. The van der Waals surface area contributed by atoms with Crippen molar-refractivity contribution >= 4 is 29.1 Å². The molecule has 0 saturated carbocycles. The SMILES string of the molecule is CCOc1ccc(-c2nnc(SCC(=O)Nc3ccc(C(C)=O)cc3)o2)cc1. The molecule has 0 fully saturated rings. The number of thioether (sulfide) groups is 1. The lowest BCUT2D eigenvalue weighted by molar-refractivity contribution is -0.113. The quantitative estimate of drug-likeness (QED) is 0.452. The molecule has 8 heteroatoms. The average Bonchev–Trinajstić information content (AvgIpc) is 3.17. The van der Waals surface area contributed by atoms with Crippen LogP contribution in [-0.4, -0.2) is 34.2 Å². The summed E-state index contributed by atoms with van der Waals surface area (Å²) in [7, 11) is 0. The molecule has 0 spiro atoms. The number of nitrogens with zero attached hydrogens (tertiary/aromatic N) is 2. The predicted octanol–water partition coefficient (Wildman–Crippen LogP) is 4.07. The highest BCUT2D eigenvalue weighted by Crippen LogP contribution is 2.25. The van der Waals surface area contributed by atoms with Crippen LogP contribution in [0.2, 0.25) is 0 Å². The van der Waals surface area contributed by atoms with Gasteiger partial charge < -0.3 is 14.5 Å². The van der Waals surface area contributed by atoms with Gasteiger partial charge in [0.15, 0.2) is 5.78 Å². The van der Waals surface area contributed by atoms with Crippen LogP contribution in [0.1, 0.15) is 24.2 Å². The Morgan fingerprint density at radius 1 is 1.07 bits per heavy atom. The predicted molar refractivity (Wildman–Crippen MR) is 107 cm³/mol. The molecule has 7 nitrogen and oxygen atoms in total. The number of anilines is 1. The summed E-state index contributed by atoms with van der Waals surface area (Å²) >= 11 is 1.15. The summed E-state index contributed by atoms with van der Waals surface area (Å²) in [6, 6.07) is 14.1. The summed E-state index contributed by atoms with van der Waals surface area (Å²) in [5.74, 6) is 1.05. The van der Waals surface area contributed by atoms with E-state index in [2.05, 4.69) is 15.5 Å². The van der Waals surface area contributed by atoms with Crippen LogP contribution in [0, 0.1) is 0 Å². The largest absolute Gasteiger partial charge is 0.494 e. The van der Waals surface area contributed by atoms with Crippen molar-refractivity contribution in [1.82, 2.24) is 10.2 Å². The minimum Gasteiger partial charge on any atom is -0.494 e. The van der Waals surface area contributed by atoms with Gasteiger partial charge in [-0.2, -0.15) is 0 Å². The lowest BCUT2D eigenvalue weighted by atomic mass is 10.1. The Hall–Kier alpha value is -3.13. The minimum absolute atomic E-state index is 0.0202. The molecule has 2 aromatic carbocycles. The van der Waals surface area contributed by atoms with Gasteiger partial charge in [-0.3, -0.25) is 9.59 Å². The molecule has 1 N–H and O–H groups in total. The monoisotopic (exact) mass is 397 g/mol. The Morgan fingerprint density at radius 3 is 2.43 bits per heavy atom. The van der Waals surface area contributed by atoms with E-state index < -0.39 is 0 Å². The van der Waals surface area contributed by atoms with E-state index in [0.29, 0.717) is 29.0 Å². The van der Waals surface area contributed by atoms with Crippen molar-refractivity contribution < 1.29 is 18.7 Å². The van der Waals surface area contributed by atoms with Crippen LogP contribution in [0.15, 0.2) is 58.2 Å². The highest BCUT2D eigenvalue weighted by Gasteiger charge is 2.12. The Bertz CT molecular complexity index is 952. The first-order valence-corrected chi connectivity index (χ1v) is 9.64. The normalized spacial score (nSPS) is 10.5. The van der Waals surface area contributed by atoms with Crippen LogP contribution in [0.3, 0.4) is 0 Å². The lowest BCUT2D eigenvalue weighted by Gasteiger charge is -2.04. The number of carbonyl (C=O) groups is 2. The highest BCUT2D eigenvalue weighted by atomic mass is 32.2. The van der Waals surface area contributed by atoms with Crippen molar-refractivity contribution in [2.75, 3.05) is 17.7 Å². The molecule has 3 aromatic rings. The molecule has 1 heterocycles. The Morgan fingerprint density at radius 2 is 1.79 bits per heavy atom. The third-order valence-electron chi connectivity index (χ3n) is 3.72. The van der Waals surface area contributed by atoms with Gasteiger partial charge in [-0.15, -0.1) is 10.2 Å². The second-order valence-corrected chi connectivity index (χ2v) is 6.73. The van der Waals surface area contributed by atoms with Crippen molar-refractivity contribution in [2.45, 2.75) is 19.1 Å². The fourth-order valence-electron chi connectivity index (χ4n) is 2.36. The number of rotatable bonds is 8. The van der Waals surface area contributed by atoms with Gasteiger partial charge in [-0.05, 0) is 62.4 Å². The van der Waals surface area contributed by atoms with Gasteiger partial charge in [0.1, 0.15) is 5.75 Å². The number of amides is 1. The summed E-state index contributed by atoms with van der Waals surface area (Å²) in [5, 5.41) is 11.0. The zero-order chi connectivity index (χ0) is 19.9. The number of ether oxygens (including phenoxy) is 1.